The molecule has 3 rings (SSSR count). The second-order valence-electron chi connectivity index (χ2n) is 6.72. The minimum absolute atomic E-state index is 0.0434. The summed E-state index contributed by atoms with van der Waals surface area (Å²) in [5, 5.41) is 0. The standard InChI is InChI=1S/C20H21NO5S2/c1-4-5-19(22)21(15-8-11-17-18(12-15)27-20(23)26-17)28(24,25)16-9-6-14(7-10-16)13(2)3/h6-13H,4-5H2,1-3H3. The highest BCUT2D eigenvalue weighted by Gasteiger charge is 2.31. The zero-order valence-corrected chi connectivity index (χ0v) is 17.5. The Bertz CT molecular complexity index is 1160. The second kappa shape index (κ2) is 7.89. The van der Waals surface area contributed by atoms with Crippen molar-refractivity contribution in [3.05, 3.63) is 57.8 Å². The van der Waals surface area contributed by atoms with E-state index in [4.69, 9.17) is 4.42 Å². The number of amides is 1. The van der Waals surface area contributed by atoms with E-state index in [0.717, 1.165) is 21.2 Å². The molecule has 148 valence electrons. The van der Waals surface area contributed by atoms with Crippen LogP contribution in [0.4, 0.5) is 5.69 Å². The van der Waals surface area contributed by atoms with Crippen LogP contribution in [0.15, 0.2) is 56.6 Å². The summed E-state index contributed by atoms with van der Waals surface area (Å²) < 4.78 is 32.9. The lowest BCUT2D eigenvalue weighted by molar-refractivity contribution is -0.117. The van der Waals surface area contributed by atoms with E-state index < -0.39 is 20.9 Å². The monoisotopic (exact) mass is 419 g/mol. The van der Waals surface area contributed by atoms with Crippen molar-refractivity contribution in [3.63, 3.8) is 0 Å². The SMILES string of the molecule is CCCC(=O)N(c1ccc2oc(=O)sc2c1)S(=O)(=O)c1ccc(C(C)C)cc1. The van der Waals surface area contributed by atoms with Crippen LogP contribution >= 0.6 is 11.3 Å². The Labute approximate surface area is 167 Å². The van der Waals surface area contributed by atoms with Gasteiger partial charge in [0.05, 0.1) is 15.3 Å². The number of carbonyl (C=O) groups is 1. The summed E-state index contributed by atoms with van der Waals surface area (Å²) in [7, 11) is -4.10. The smallest absolute Gasteiger partial charge is 0.396 e. The lowest BCUT2D eigenvalue weighted by Crippen LogP contribution is -2.36. The van der Waals surface area contributed by atoms with E-state index in [9.17, 15) is 18.0 Å². The first-order valence-electron chi connectivity index (χ1n) is 8.96. The molecular formula is C20H21NO5S2. The maximum Gasteiger partial charge on any atom is 0.396 e. The van der Waals surface area contributed by atoms with E-state index in [1.807, 2.05) is 20.8 Å². The highest BCUT2D eigenvalue weighted by atomic mass is 32.2. The third-order valence-electron chi connectivity index (χ3n) is 4.32. The molecule has 6 nitrogen and oxygen atoms in total. The van der Waals surface area contributed by atoms with Gasteiger partial charge in [0.25, 0.3) is 10.0 Å². The normalized spacial score (nSPS) is 11.9. The van der Waals surface area contributed by atoms with Crippen molar-refractivity contribution in [2.75, 3.05) is 4.31 Å². The number of anilines is 1. The van der Waals surface area contributed by atoms with E-state index in [-0.39, 0.29) is 22.9 Å². The van der Waals surface area contributed by atoms with Crippen LogP contribution in [-0.2, 0) is 14.8 Å². The lowest BCUT2D eigenvalue weighted by Gasteiger charge is -2.23. The Morgan fingerprint density at radius 2 is 1.82 bits per heavy atom. The third kappa shape index (κ3) is 3.88. The van der Waals surface area contributed by atoms with Crippen molar-refractivity contribution in [1.29, 1.82) is 0 Å². The summed E-state index contributed by atoms with van der Waals surface area (Å²) in [6.07, 6.45) is 0.599. The Hall–Kier alpha value is -2.45. The predicted octanol–water partition coefficient (Wildman–Crippen LogP) is 4.50. The number of benzene rings is 2. The first kappa shape index (κ1) is 20.3. The van der Waals surface area contributed by atoms with Gasteiger partial charge in [-0.1, -0.05) is 44.2 Å². The van der Waals surface area contributed by atoms with Crippen molar-refractivity contribution in [2.45, 2.75) is 44.4 Å². The topological polar surface area (TPSA) is 84.7 Å². The maximum atomic E-state index is 13.3. The molecule has 0 atom stereocenters. The van der Waals surface area contributed by atoms with E-state index in [1.54, 1.807) is 12.1 Å². The quantitative estimate of drug-likeness (QED) is 0.587. The molecule has 0 aliphatic rings. The molecule has 1 heterocycles. The minimum Gasteiger partial charge on any atom is -0.414 e. The van der Waals surface area contributed by atoms with Gasteiger partial charge in [0.15, 0.2) is 0 Å². The molecule has 2 aromatic carbocycles. The fraction of sp³-hybridized carbons (Fsp3) is 0.300. The zero-order valence-electron chi connectivity index (χ0n) is 15.8. The summed E-state index contributed by atoms with van der Waals surface area (Å²) in [4.78, 5) is 23.8. The average Bonchev–Trinajstić information content (AvgIpc) is 3.01. The van der Waals surface area contributed by atoms with E-state index >= 15 is 0 Å². The number of rotatable bonds is 6. The zero-order chi connectivity index (χ0) is 20.5. The summed E-state index contributed by atoms with van der Waals surface area (Å²) in [6, 6.07) is 11.0. The van der Waals surface area contributed by atoms with Crippen molar-refractivity contribution in [2.24, 2.45) is 0 Å². The van der Waals surface area contributed by atoms with Gasteiger partial charge in [-0.2, -0.15) is 0 Å². The van der Waals surface area contributed by atoms with Crippen LogP contribution in [0.5, 0.6) is 0 Å². The molecule has 0 radical (unpaired) electrons. The van der Waals surface area contributed by atoms with Crippen LogP contribution in [0.2, 0.25) is 0 Å². The van der Waals surface area contributed by atoms with Gasteiger partial charge in [0, 0.05) is 6.42 Å². The Balaban J connectivity index is 2.12. The van der Waals surface area contributed by atoms with Crippen LogP contribution in [-0.4, -0.2) is 14.3 Å². The molecule has 0 aliphatic carbocycles. The molecule has 3 aromatic rings. The second-order valence-corrected chi connectivity index (χ2v) is 9.49. The van der Waals surface area contributed by atoms with Crippen molar-refractivity contribution >= 4 is 43.2 Å². The van der Waals surface area contributed by atoms with Crippen molar-refractivity contribution < 1.29 is 17.6 Å². The van der Waals surface area contributed by atoms with E-state index in [1.165, 1.54) is 30.3 Å². The molecule has 0 spiro atoms. The van der Waals surface area contributed by atoms with Gasteiger partial charge in [0.2, 0.25) is 5.91 Å². The molecule has 0 fully saturated rings. The Morgan fingerprint density at radius 3 is 2.43 bits per heavy atom. The average molecular weight is 420 g/mol. The van der Waals surface area contributed by atoms with Gasteiger partial charge in [-0.15, -0.1) is 0 Å². The van der Waals surface area contributed by atoms with Crippen LogP contribution in [0.1, 0.15) is 45.1 Å². The molecule has 0 saturated heterocycles. The number of hydrogen-bond donors (Lipinski definition) is 0. The number of nitrogens with zero attached hydrogens (tertiary/aromatic N) is 1. The molecule has 1 amide bonds. The van der Waals surface area contributed by atoms with Crippen LogP contribution in [0.3, 0.4) is 0 Å². The largest absolute Gasteiger partial charge is 0.414 e. The van der Waals surface area contributed by atoms with Crippen molar-refractivity contribution in [1.82, 2.24) is 0 Å². The van der Waals surface area contributed by atoms with Gasteiger partial charge < -0.3 is 4.42 Å². The molecule has 0 unspecified atom stereocenters. The molecule has 28 heavy (non-hydrogen) atoms. The molecule has 1 aromatic heterocycles. The fourth-order valence-corrected chi connectivity index (χ4v) is 4.99. The molecular weight excluding hydrogens is 398 g/mol. The van der Waals surface area contributed by atoms with Gasteiger partial charge in [0.1, 0.15) is 5.58 Å². The molecule has 0 bridgehead atoms. The number of sulfonamides is 1. The Morgan fingerprint density at radius 1 is 1.14 bits per heavy atom. The Kier molecular flexibility index (Phi) is 5.71. The van der Waals surface area contributed by atoms with Crippen molar-refractivity contribution in [3.8, 4) is 0 Å². The number of fused-ring (bicyclic) bond motifs is 1. The predicted molar refractivity (Wildman–Crippen MR) is 110 cm³/mol. The third-order valence-corrected chi connectivity index (χ3v) is 6.88. The lowest BCUT2D eigenvalue weighted by atomic mass is 10.0. The summed E-state index contributed by atoms with van der Waals surface area (Å²) in [5.74, 6) is -0.258. The number of carbonyl (C=O) groups excluding carboxylic acids is 1. The van der Waals surface area contributed by atoms with E-state index in [2.05, 4.69) is 0 Å². The molecule has 0 saturated carbocycles. The number of hydrogen-bond acceptors (Lipinski definition) is 6. The molecule has 0 aliphatic heterocycles. The van der Waals surface area contributed by atoms with Gasteiger partial charge in [-0.3, -0.25) is 4.79 Å². The first-order chi connectivity index (χ1) is 13.2. The summed E-state index contributed by atoms with van der Waals surface area (Å²) >= 11 is 0.865. The molecule has 8 heteroatoms. The van der Waals surface area contributed by atoms with Gasteiger partial charge in [-0.25, -0.2) is 17.5 Å². The van der Waals surface area contributed by atoms with Crippen LogP contribution in [0, 0.1) is 0 Å². The first-order valence-corrected chi connectivity index (χ1v) is 11.2. The van der Waals surface area contributed by atoms with Gasteiger partial charge in [-0.05, 0) is 48.2 Å². The highest BCUT2D eigenvalue weighted by molar-refractivity contribution is 7.93. The maximum absolute atomic E-state index is 13.3. The fourth-order valence-electron chi connectivity index (χ4n) is 2.85. The van der Waals surface area contributed by atoms with Crippen LogP contribution < -0.4 is 9.24 Å². The summed E-state index contributed by atoms with van der Waals surface area (Å²) in [6.45, 7) is 5.85. The van der Waals surface area contributed by atoms with E-state index in [0.29, 0.717) is 16.7 Å². The highest BCUT2D eigenvalue weighted by Crippen LogP contribution is 2.30. The minimum atomic E-state index is -4.10. The summed E-state index contributed by atoms with van der Waals surface area (Å²) in [5.41, 5.74) is 1.56. The van der Waals surface area contributed by atoms with Gasteiger partial charge >= 0.3 is 4.94 Å². The van der Waals surface area contributed by atoms with Crippen LogP contribution in [0.25, 0.3) is 10.3 Å². The molecule has 0 N–H and O–H groups in total.